The van der Waals surface area contributed by atoms with E-state index in [1.165, 1.54) is 4.90 Å². The molecule has 0 aromatic carbocycles. The lowest BCUT2D eigenvalue weighted by molar-refractivity contribution is 0.663. The van der Waals surface area contributed by atoms with Gasteiger partial charge in [-0.15, -0.1) is 11.8 Å². The quantitative estimate of drug-likeness (QED) is 0.751. The van der Waals surface area contributed by atoms with Gasteiger partial charge in [-0.1, -0.05) is 6.92 Å². The first kappa shape index (κ1) is 10.5. The lowest BCUT2D eigenvalue weighted by atomic mass is 10.2. The predicted octanol–water partition coefficient (Wildman–Crippen LogP) is 2.30. The first-order valence-electron chi connectivity index (χ1n) is 4.50. The molecule has 1 heterocycles. The molecule has 2 atom stereocenters. The van der Waals surface area contributed by atoms with Crippen LogP contribution in [0.25, 0.3) is 0 Å². The minimum absolute atomic E-state index is 0.282. The van der Waals surface area contributed by atoms with Gasteiger partial charge in [-0.3, -0.25) is 4.98 Å². The van der Waals surface area contributed by atoms with Crippen molar-refractivity contribution in [2.24, 2.45) is 5.73 Å². The molecule has 1 aromatic heterocycles. The van der Waals surface area contributed by atoms with Crippen LogP contribution in [0.4, 0.5) is 0 Å². The third-order valence-corrected chi connectivity index (χ3v) is 2.83. The molecule has 1 rings (SSSR count). The number of thioether (sulfide) groups is 1. The Hall–Kier alpha value is -0.540. The second-order valence-corrected chi connectivity index (χ2v) is 4.84. The van der Waals surface area contributed by atoms with E-state index in [4.69, 9.17) is 5.73 Å². The van der Waals surface area contributed by atoms with Crippen LogP contribution >= 0.6 is 11.8 Å². The Morgan fingerprint density at radius 1 is 1.38 bits per heavy atom. The molecule has 0 aliphatic rings. The van der Waals surface area contributed by atoms with Gasteiger partial charge in [0.2, 0.25) is 0 Å². The Morgan fingerprint density at radius 2 is 2.00 bits per heavy atom. The van der Waals surface area contributed by atoms with Gasteiger partial charge in [0.05, 0.1) is 0 Å². The monoisotopic (exact) mass is 196 g/mol. The zero-order chi connectivity index (χ0) is 9.68. The molecule has 0 radical (unpaired) electrons. The molecule has 0 saturated heterocycles. The predicted molar refractivity (Wildman–Crippen MR) is 57.8 cm³/mol. The van der Waals surface area contributed by atoms with Crippen molar-refractivity contribution < 1.29 is 0 Å². The Balaban J connectivity index is 2.41. The van der Waals surface area contributed by atoms with Crippen molar-refractivity contribution in [3.05, 3.63) is 24.5 Å². The minimum atomic E-state index is 0.282. The molecular weight excluding hydrogens is 180 g/mol. The number of hydrogen-bond donors (Lipinski definition) is 1. The maximum Gasteiger partial charge on any atom is 0.0278 e. The molecule has 13 heavy (non-hydrogen) atoms. The lowest BCUT2D eigenvalue weighted by Crippen LogP contribution is -2.19. The topological polar surface area (TPSA) is 38.9 Å². The number of nitrogens with zero attached hydrogens (tertiary/aromatic N) is 1. The molecule has 0 bridgehead atoms. The van der Waals surface area contributed by atoms with Gasteiger partial charge < -0.3 is 5.73 Å². The second kappa shape index (κ2) is 5.25. The van der Waals surface area contributed by atoms with Crippen LogP contribution in [-0.4, -0.2) is 16.3 Å². The normalized spacial score (nSPS) is 15.3. The first-order valence-corrected chi connectivity index (χ1v) is 5.38. The zero-order valence-electron chi connectivity index (χ0n) is 8.10. The molecule has 3 heteroatoms. The van der Waals surface area contributed by atoms with Gasteiger partial charge >= 0.3 is 0 Å². The van der Waals surface area contributed by atoms with Crippen LogP contribution in [0.3, 0.4) is 0 Å². The van der Waals surface area contributed by atoms with Gasteiger partial charge in [0.25, 0.3) is 0 Å². The number of nitrogens with two attached hydrogens (primary N) is 1. The van der Waals surface area contributed by atoms with E-state index in [1.54, 1.807) is 0 Å². The van der Waals surface area contributed by atoms with E-state index < -0.39 is 0 Å². The Labute approximate surface area is 83.9 Å². The highest BCUT2D eigenvalue weighted by atomic mass is 32.2. The summed E-state index contributed by atoms with van der Waals surface area (Å²) in [4.78, 5) is 5.24. The SMILES string of the molecule is CC(N)CC(C)Sc1ccncc1. The van der Waals surface area contributed by atoms with Crippen LogP contribution < -0.4 is 5.73 Å². The van der Waals surface area contributed by atoms with Crippen molar-refractivity contribution in [3.8, 4) is 0 Å². The molecule has 0 aliphatic carbocycles. The summed E-state index contributed by atoms with van der Waals surface area (Å²) in [6, 6.07) is 4.34. The maximum absolute atomic E-state index is 5.72. The molecule has 0 aliphatic heterocycles. The van der Waals surface area contributed by atoms with Crippen LogP contribution in [0, 0.1) is 0 Å². The third-order valence-electron chi connectivity index (χ3n) is 1.69. The van der Waals surface area contributed by atoms with E-state index in [2.05, 4.69) is 11.9 Å². The van der Waals surface area contributed by atoms with Gasteiger partial charge in [-0.05, 0) is 25.5 Å². The summed E-state index contributed by atoms with van der Waals surface area (Å²) in [6.45, 7) is 4.25. The van der Waals surface area contributed by atoms with Crippen LogP contribution in [-0.2, 0) is 0 Å². The van der Waals surface area contributed by atoms with Crippen molar-refractivity contribution in [2.75, 3.05) is 0 Å². The largest absolute Gasteiger partial charge is 0.328 e. The fourth-order valence-electron chi connectivity index (χ4n) is 1.22. The summed E-state index contributed by atoms with van der Waals surface area (Å²) in [7, 11) is 0. The van der Waals surface area contributed by atoms with Crippen LogP contribution in [0.15, 0.2) is 29.4 Å². The third kappa shape index (κ3) is 4.29. The smallest absolute Gasteiger partial charge is 0.0278 e. The molecule has 2 unspecified atom stereocenters. The fourth-order valence-corrected chi connectivity index (χ4v) is 2.36. The van der Waals surface area contributed by atoms with E-state index in [0.29, 0.717) is 5.25 Å². The maximum atomic E-state index is 5.72. The second-order valence-electron chi connectivity index (χ2n) is 3.32. The van der Waals surface area contributed by atoms with Gasteiger partial charge in [-0.2, -0.15) is 0 Å². The van der Waals surface area contributed by atoms with Gasteiger partial charge in [0.15, 0.2) is 0 Å². The van der Waals surface area contributed by atoms with Gasteiger partial charge in [-0.25, -0.2) is 0 Å². The molecule has 2 N–H and O–H groups in total. The fraction of sp³-hybridized carbons (Fsp3) is 0.500. The number of aromatic nitrogens is 1. The minimum Gasteiger partial charge on any atom is -0.328 e. The Morgan fingerprint density at radius 3 is 2.54 bits per heavy atom. The number of pyridine rings is 1. The molecule has 72 valence electrons. The van der Waals surface area contributed by atoms with Crippen molar-refractivity contribution in [3.63, 3.8) is 0 Å². The molecule has 2 nitrogen and oxygen atoms in total. The van der Waals surface area contributed by atoms with Crippen molar-refractivity contribution in [1.29, 1.82) is 0 Å². The summed E-state index contributed by atoms with van der Waals surface area (Å²) < 4.78 is 0. The van der Waals surface area contributed by atoms with Gasteiger partial charge in [0, 0.05) is 28.6 Å². The van der Waals surface area contributed by atoms with Crippen LogP contribution in [0.1, 0.15) is 20.3 Å². The van der Waals surface area contributed by atoms with E-state index in [1.807, 2.05) is 43.2 Å². The number of hydrogen-bond acceptors (Lipinski definition) is 3. The highest BCUT2D eigenvalue weighted by Crippen LogP contribution is 2.24. The molecular formula is C10H16N2S. The molecule has 0 fully saturated rings. The Bertz CT molecular complexity index is 236. The van der Waals surface area contributed by atoms with Crippen molar-refractivity contribution in [1.82, 2.24) is 4.98 Å². The highest BCUT2D eigenvalue weighted by Gasteiger charge is 2.06. The van der Waals surface area contributed by atoms with E-state index >= 15 is 0 Å². The standard InChI is InChI=1S/C10H16N2S/c1-8(11)7-9(2)13-10-3-5-12-6-4-10/h3-6,8-9H,7,11H2,1-2H3. The summed E-state index contributed by atoms with van der Waals surface area (Å²) in [5.74, 6) is 0. The van der Waals surface area contributed by atoms with Crippen LogP contribution in [0.5, 0.6) is 0 Å². The van der Waals surface area contributed by atoms with Gasteiger partial charge in [0.1, 0.15) is 0 Å². The van der Waals surface area contributed by atoms with Crippen molar-refractivity contribution in [2.45, 2.75) is 36.5 Å². The first-order chi connectivity index (χ1) is 6.18. The summed E-state index contributed by atoms with van der Waals surface area (Å²) in [5, 5.41) is 0.572. The summed E-state index contributed by atoms with van der Waals surface area (Å²) in [5.41, 5.74) is 5.72. The molecule has 0 amide bonds. The summed E-state index contributed by atoms with van der Waals surface area (Å²) >= 11 is 1.85. The molecule has 0 saturated carbocycles. The van der Waals surface area contributed by atoms with E-state index in [-0.39, 0.29) is 6.04 Å². The average Bonchev–Trinajstić information content (AvgIpc) is 2.04. The average molecular weight is 196 g/mol. The number of rotatable bonds is 4. The van der Waals surface area contributed by atoms with Crippen molar-refractivity contribution >= 4 is 11.8 Å². The molecule has 1 aromatic rings. The van der Waals surface area contributed by atoms with E-state index in [0.717, 1.165) is 6.42 Å². The van der Waals surface area contributed by atoms with E-state index in [9.17, 15) is 0 Å². The lowest BCUT2D eigenvalue weighted by Gasteiger charge is -2.12. The van der Waals surface area contributed by atoms with Crippen LogP contribution in [0.2, 0.25) is 0 Å². The summed E-state index contributed by atoms with van der Waals surface area (Å²) in [6.07, 6.45) is 4.69. The zero-order valence-corrected chi connectivity index (χ0v) is 8.92. The Kier molecular flexibility index (Phi) is 4.25. The highest BCUT2D eigenvalue weighted by molar-refractivity contribution is 7.99. The molecule has 0 spiro atoms.